The van der Waals surface area contributed by atoms with Crippen molar-refractivity contribution in [2.75, 3.05) is 26.2 Å². The number of nitrogens with one attached hydrogen (secondary N) is 1. The molecule has 198 valence electrons. The summed E-state index contributed by atoms with van der Waals surface area (Å²) >= 11 is 0. The van der Waals surface area contributed by atoms with E-state index in [0.29, 0.717) is 6.17 Å². The molecule has 1 N–H and O–H groups in total. The molecule has 1 amide bonds. The maximum Gasteiger partial charge on any atom is 0.217 e. The van der Waals surface area contributed by atoms with Gasteiger partial charge in [0.05, 0.1) is 25.8 Å². The van der Waals surface area contributed by atoms with Crippen LogP contribution in [0.5, 0.6) is 0 Å². The van der Waals surface area contributed by atoms with E-state index in [1.807, 2.05) is 6.08 Å². The van der Waals surface area contributed by atoms with Crippen LogP contribution >= 0.6 is 0 Å². The van der Waals surface area contributed by atoms with Crippen LogP contribution in [0.2, 0.25) is 0 Å². The lowest BCUT2D eigenvalue weighted by molar-refractivity contribution is -0.935. The summed E-state index contributed by atoms with van der Waals surface area (Å²) in [6.07, 6.45) is 30.9. The second-order valence-corrected chi connectivity index (χ2v) is 10.6. The van der Waals surface area contributed by atoms with Gasteiger partial charge in [0.1, 0.15) is 6.54 Å². The van der Waals surface area contributed by atoms with Crippen LogP contribution in [0.1, 0.15) is 136 Å². The number of carbonyl (C=O) groups excluding carboxylic acids is 1. The Hall–Kier alpha value is -1.16. The second-order valence-electron chi connectivity index (χ2n) is 10.6. The summed E-state index contributed by atoms with van der Waals surface area (Å²) in [7, 11) is 0. The average Bonchev–Trinajstić information content (AvgIpc) is 3.23. The lowest BCUT2D eigenvalue weighted by atomic mass is 10.0. The molecule has 0 radical (unpaired) electrons. The van der Waals surface area contributed by atoms with Crippen LogP contribution in [0, 0.1) is 0 Å². The molecule has 0 bridgehead atoms. The Labute approximate surface area is 212 Å². The first kappa shape index (κ1) is 30.9. The number of amides is 1. The van der Waals surface area contributed by atoms with E-state index in [-0.39, 0.29) is 5.91 Å². The van der Waals surface area contributed by atoms with E-state index in [1.54, 1.807) is 6.92 Å². The van der Waals surface area contributed by atoms with Crippen LogP contribution in [-0.2, 0) is 4.79 Å². The molecule has 2 atom stereocenters. The lowest BCUT2D eigenvalue weighted by Gasteiger charge is -2.38. The van der Waals surface area contributed by atoms with Gasteiger partial charge in [-0.2, -0.15) is 0 Å². The molecule has 1 aliphatic rings. The first-order valence-corrected chi connectivity index (χ1v) is 14.9. The monoisotopic (exact) mass is 476 g/mol. The summed E-state index contributed by atoms with van der Waals surface area (Å²) in [4.78, 5) is 16.0. The summed E-state index contributed by atoms with van der Waals surface area (Å²) in [5.74, 6) is 0.0717. The third kappa shape index (κ3) is 15.0. The topological polar surface area (TPSA) is 41.5 Å². The molecule has 1 rings (SSSR count). The van der Waals surface area contributed by atoms with Gasteiger partial charge in [0.25, 0.3) is 0 Å². The molecule has 1 heterocycles. The molecule has 0 aromatic carbocycles. The van der Waals surface area contributed by atoms with Crippen LogP contribution in [0.15, 0.2) is 17.6 Å². The summed E-state index contributed by atoms with van der Waals surface area (Å²) in [6, 6.07) is 0. The van der Waals surface area contributed by atoms with Crippen LogP contribution in [0.25, 0.3) is 0 Å². The number of likely N-dealkylation sites (N-methyl/N-ethyl adjacent to an activating group) is 1. The molecule has 0 fully saturated rings. The third-order valence-corrected chi connectivity index (χ3v) is 7.79. The van der Waals surface area contributed by atoms with Gasteiger partial charge in [-0.25, -0.2) is 4.99 Å². The van der Waals surface area contributed by atoms with Gasteiger partial charge >= 0.3 is 0 Å². The van der Waals surface area contributed by atoms with Gasteiger partial charge < -0.3 is 5.32 Å². The number of nitrogens with zero attached hydrogens (tertiary/aromatic N) is 2. The van der Waals surface area contributed by atoms with E-state index < -0.39 is 0 Å². The van der Waals surface area contributed by atoms with Crippen LogP contribution in [0.3, 0.4) is 0 Å². The fourth-order valence-corrected chi connectivity index (χ4v) is 5.40. The van der Waals surface area contributed by atoms with Crippen molar-refractivity contribution >= 4 is 12.1 Å². The minimum absolute atomic E-state index is 0.0717. The highest BCUT2D eigenvalue weighted by molar-refractivity contribution is 5.72. The zero-order valence-electron chi connectivity index (χ0n) is 23.0. The highest BCUT2D eigenvalue weighted by Gasteiger charge is 2.37. The molecular weight excluding hydrogens is 418 g/mol. The molecule has 0 aromatic heterocycles. The molecule has 2 unspecified atom stereocenters. The molecule has 0 spiro atoms. The highest BCUT2D eigenvalue weighted by Crippen LogP contribution is 2.24. The smallest absolute Gasteiger partial charge is 0.217 e. The van der Waals surface area contributed by atoms with Gasteiger partial charge in [-0.15, -0.1) is 6.58 Å². The molecule has 0 saturated heterocycles. The molecule has 0 aliphatic carbocycles. The van der Waals surface area contributed by atoms with Gasteiger partial charge in [-0.05, 0) is 26.2 Å². The van der Waals surface area contributed by atoms with Crippen LogP contribution < -0.4 is 5.32 Å². The summed E-state index contributed by atoms with van der Waals surface area (Å²) in [6.45, 7) is 11.5. The first-order chi connectivity index (χ1) is 16.6. The molecule has 4 nitrogen and oxygen atoms in total. The van der Waals surface area contributed by atoms with E-state index in [9.17, 15) is 4.79 Å². The van der Waals surface area contributed by atoms with Crippen molar-refractivity contribution in [3.8, 4) is 0 Å². The number of aliphatic imine (C=N–C) groups is 1. The predicted octanol–water partition coefficient (Wildman–Crippen LogP) is 7.97. The van der Waals surface area contributed by atoms with Crippen LogP contribution in [-0.4, -0.2) is 48.9 Å². The molecule has 4 heteroatoms. The normalized spacial score (nSPS) is 19.5. The summed E-state index contributed by atoms with van der Waals surface area (Å²) in [5, 5.41) is 2.97. The Morgan fingerprint density at radius 2 is 1.35 bits per heavy atom. The fraction of sp³-hybridized carbons (Fsp3) is 0.867. The van der Waals surface area contributed by atoms with E-state index in [1.165, 1.54) is 122 Å². The summed E-state index contributed by atoms with van der Waals surface area (Å²) in [5.41, 5.74) is 0. The molecular formula is C30H58N3O+. The van der Waals surface area contributed by atoms with Gasteiger partial charge in [-0.3, -0.25) is 9.28 Å². The average molecular weight is 477 g/mol. The van der Waals surface area contributed by atoms with Crippen molar-refractivity contribution in [1.29, 1.82) is 0 Å². The lowest BCUT2D eigenvalue weighted by Crippen LogP contribution is -2.55. The summed E-state index contributed by atoms with van der Waals surface area (Å²) < 4.78 is 1.02. The zero-order valence-corrected chi connectivity index (χ0v) is 23.0. The predicted molar refractivity (Wildman–Crippen MR) is 149 cm³/mol. The van der Waals surface area contributed by atoms with Crippen molar-refractivity contribution in [2.45, 2.75) is 142 Å². The minimum atomic E-state index is 0.0717. The first-order valence-electron chi connectivity index (χ1n) is 14.9. The number of hydrogen-bond donors (Lipinski definition) is 1. The standard InChI is InChI=1S/C30H57N3O/c1-4-6-7-8-9-10-11-12-13-14-15-16-17-18-19-20-21-22-23-24-30-32-26-28-33(30,5-2)27-25-31-29(3)34/h4,26,30H,1,5-25,27-28H2,2-3H3/p+1. The molecule has 0 saturated carbocycles. The number of unbranched alkanes of at least 4 members (excludes halogenated alkanes) is 17. The van der Waals surface area contributed by atoms with Crippen molar-refractivity contribution < 1.29 is 9.28 Å². The number of hydrogen-bond acceptors (Lipinski definition) is 2. The van der Waals surface area contributed by atoms with Gasteiger partial charge in [0.2, 0.25) is 5.91 Å². The number of carbonyl (C=O) groups is 1. The maximum absolute atomic E-state index is 11.2. The quantitative estimate of drug-likeness (QED) is 0.0856. The fourth-order valence-electron chi connectivity index (χ4n) is 5.40. The number of quaternary nitrogens is 1. The number of allylic oxidation sites excluding steroid dienone is 1. The second kappa shape index (κ2) is 21.1. The largest absolute Gasteiger partial charge is 0.351 e. The Bertz CT molecular complexity index is 533. The van der Waals surface area contributed by atoms with Crippen molar-refractivity contribution in [3.05, 3.63) is 12.7 Å². The molecule has 0 aromatic rings. The van der Waals surface area contributed by atoms with E-state index in [4.69, 9.17) is 4.99 Å². The maximum atomic E-state index is 11.2. The van der Waals surface area contributed by atoms with E-state index in [2.05, 4.69) is 25.0 Å². The Morgan fingerprint density at radius 1 is 0.882 bits per heavy atom. The third-order valence-electron chi connectivity index (χ3n) is 7.79. The number of rotatable bonds is 24. The van der Waals surface area contributed by atoms with Crippen molar-refractivity contribution in [2.24, 2.45) is 4.99 Å². The van der Waals surface area contributed by atoms with Crippen LogP contribution in [0.4, 0.5) is 0 Å². The Morgan fingerprint density at radius 3 is 1.79 bits per heavy atom. The van der Waals surface area contributed by atoms with E-state index >= 15 is 0 Å². The molecule has 34 heavy (non-hydrogen) atoms. The Balaban J connectivity index is 1.88. The van der Waals surface area contributed by atoms with Crippen molar-refractivity contribution in [3.63, 3.8) is 0 Å². The Kier molecular flexibility index (Phi) is 19.2. The molecule has 1 aliphatic heterocycles. The highest BCUT2D eigenvalue weighted by atomic mass is 16.1. The zero-order chi connectivity index (χ0) is 24.7. The van der Waals surface area contributed by atoms with Crippen molar-refractivity contribution in [1.82, 2.24) is 5.32 Å². The van der Waals surface area contributed by atoms with Gasteiger partial charge in [0, 0.05) is 13.3 Å². The SMILES string of the molecule is C=CCCCCCCCCCCCCCCCCCCCC1N=CC[N+]1(CC)CCNC(C)=O. The minimum Gasteiger partial charge on any atom is -0.351 e. The van der Waals surface area contributed by atoms with Gasteiger partial charge in [-0.1, -0.05) is 102 Å². The van der Waals surface area contributed by atoms with E-state index in [0.717, 1.165) is 30.7 Å². The van der Waals surface area contributed by atoms with Gasteiger partial charge in [0.15, 0.2) is 6.17 Å².